The Morgan fingerprint density at radius 3 is 3.08 bits per heavy atom. The predicted molar refractivity (Wildman–Crippen MR) is 105 cm³/mol. The van der Waals surface area contributed by atoms with Gasteiger partial charge in [0.25, 0.3) is 0 Å². The molecule has 1 aromatic carbocycles. The third-order valence-corrected chi connectivity index (χ3v) is 5.57. The number of nitrogens with zero attached hydrogens (tertiary/aromatic N) is 4. The largest absolute Gasteiger partial charge is 0.348 e. The topological polar surface area (TPSA) is 63.1 Å². The molecule has 2 aromatic heterocycles. The molecule has 1 saturated heterocycles. The zero-order valence-corrected chi connectivity index (χ0v) is 15.4. The van der Waals surface area contributed by atoms with Crippen LogP contribution in [-0.4, -0.2) is 39.8 Å². The number of carbonyl (C=O) groups is 1. The van der Waals surface area contributed by atoms with Crippen molar-refractivity contribution < 1.29 is 4.79 Å². The van der Waals surface area contributed by atoms with E-state index in [1.54, 1.807) is 34.4 Å². The lowest BCUT2D eigenvalue weighted by atomic mass is 10.1. The monoisotopic (exact) mass is 367 g/mol. The molecule has 0 radical (unpaired) electrons. The number of anilines is 1. The van der Waals surface area contributed by atoms with Crippen LogP contribution >= 0.6 is 11.3 Å². The lowest BCUT2D eigenvalue weighted by Gasteiger charge is -2.32. The SMILES string of the molecule is Cn1cc(/C=C/C(=O)NC2CCCN(c3nc4ccccc4s3)C2)cn1. The zero-order chi connectivity index (χ0) is 17.9. The van der Waals surface area contributed by atoms with Crippen molar-refractivity contribution in [3.63, 3.8) is 0 Å². The van der Waals surface area contributed by atoms with E-state index in [2.05, 4.69) is 21.4 Å². The van der Waals surface area contributed by atoms with E-state index in [0.717, 1.165) is 42.1 Å². The first-order chi connectivity index (χ1) is 12.7. The molecule has 0 bridgehead atoms. The summed E-state index contributed by atoms with van der Waals surface area (Å²) in [4.78, 5) is 19.2. The first kappa shape index (κ1) is 16.8. The van der Waals surface area contributed by atoms with Gasteiger partial charge in [0.05, 0.1) is 16.4 Å². The van der Waals surface area contributed by atoms with Gasteiger partial charge in [-0.15, -0.1) is 0 Å². The normalized spacial score (nSPS) is 17.9. The summed E-state index contributed by atoms with van der Waals surface area (Å²) in [6.07, 6.45) is 9.02. The van der Waals surface area contributed by atoms with E-state index in [0.29, 0.717) is 0 Å². The molecule has 1 atom stereocenters. The summed E-state index contributed by atoms with van der Waals surface area (Å²) < 4.78 is 2.92. The Morgan fingerprint density at radius 1 is 1.38 bits per heavy atom. The Labute approximate surface area is 156 Å². The third-order valence-electron chi connectivity index (χ3n) is 4.47. The van der Waals surface area contributed by atoms with Crippen molar-refractivity contribution in [3.05, 3.63) is 48.3 Å². The number of thiazole rings is 1. The maximum atomic E-state index is 12.2. The van der Waals surface area contributed by atoms with E-state index in [1.807, 2.05) is 31.4 Å². The van der Waals surface area contributed by atoms with Crippen LogP contribution in [0.5, 0.6) is 0 Å². The zero-order valence-electron chi connectivity index (χ0n) is 14.6. The number of piperidine rings is 1. The number of aromatic nitrogens is 3. The Morgan fingerprint density at radius 2 is 2.27 bits per heavy atom. The molecule has 1 aliphatic heterocycles. The molecule has 1 unspecified atom stereocenters. The van der Waals surface area contributed by atoms with E-state index >= 15 is 0 Å². The van der Waals surface area contributed by atoms with Gasteiger partial charge in [-0.1, -0.05) is 23.5 Å². The highest BCUT2D eigenvalue weighted by Crippen LogP contribution is 2.30. The van der Waals surface area contributed by atoms with E-state index < -0.39 is 0 Å². The fourth-order valence-corrected chi connectivity index (χ4v) is 4.21. The van der Waals surface area contributed by atoms with Gasteiger partial charge in [0.15, 0.2) is 5.13 Å². The second-order valence-corrected chi connectivity index (χ2v) is 7.55. The number of carbonyl (C=O) groups excluding carboxylic acids is 1. The fourth-order valence-electron chi connectivity index (χ4n) is 3.21. The number of aryl methyl sites for hydroxylation is 1. The Balaban J connectivity index is 1.38. The number of rotatable bonds is 4. The molecule has 1 amide bonds. The lowest BCUT2D eigenvalue weighted by Crippen LogP contribution is -2.47. The molecule has 0 aliphatic carbocycles. The van der Waals surface area contributed by atoms with E-state index in [1.165, 1.54) is 4.70 Å². The van der Waals surface area contributed by atoms with Gasteiger partial charge >= 0.3 is 0 Å². The Kier molecular flexibility index (Phi) is 4.71. The van der Waals surface area contributed by atoms with Crippen LogP contribution < -0.4 is 10.2 Å². The standard InChI is InChI=1S/C19H21N5OS/c1-23-12-14(11-20-23)8-9-18(25)21-15-5-4-10-24(13-15)19-22-16-6-2-3-7-17(16)26-19/h2-3,6-9,11-12,15H,4-5,10,13H2,1H3,(H,21,25)/b9-8+. The molecule has 6 nitrogen and oxygen atoms in total. The number of fused-ring (bicyclic) bond motifs is 1. The van der Waals surface area contributed by atoms with Crippen LogP contribution in [0.15, 0.2) is 42.7 Å². The quantitative estimate of drug-likeness (QED) is 0.720. The molecule has 4 rings (SSSR count). The maximum absolute atomic E-state index is 12.2. The Hall–Kier alpha value is -2.67. The number of hydrogen-bond acceptors (Lipinski definition) is 5. The summed E-state index contributed by atoms with van der Waals surface area (Å²) in [5.41, 5.74) is 1.96. The number of para-hydroxylation sites is 1. The van der Waals surface area contributed by atoms with Gasteiger partial charge < -0.3 is 10.2 Å². The average Bonchev–Trinajstić information content (AvgIpc) is 3.26. The molecule has 0 spiro atoms. The van der Waals surface area contributed by atoms with Crippen LogP contribution in [0.3, 0.4) is 0 Å². The molecule has 7 heteroatoms. The second kappa shape index (κ2) is 7.29. The molecule has 1 N–H and O–H groups in total. The van der Waals surface area contributed by atoms with Gasteiger partial charge in [0.2, 0.25) is 5.91 Å². The first-order valence-corrected chi connectivity index (χ1v) is 9.57. The average molecular weight is 367 g/mol. The summed E-state index contributed by atoms with van der Waals surface area (Å²) in [7, 11) is 1.86. The van der Waals surface area contributed by atoms with Crippen LogP contribution in [0.1, 0.15) is 18.4 Å². The third kappa shape index (κ3) is 3.77. The summed E-state index contributed by atoms with van der Waals surface area (Å²) in [5, 5.41) is 8.24. The molecule has 3 heterocycles. The van der Waals surface area contributed by atoms with Gasteiger partial charge in [0, 0.05) is 44.0 Å². The molecule has 0 saturated carbocycles. The highest BCUT2D eigenvalue weighted by atomic mass is 32.1. The van der Waals surface area contributed by atoms with Crippen molar-refractivity contribution in [1.29, 1.82) is 0 Å². The summed E-state index contributed by atoms with van der Waals surface area (Å²) in [6.45, 7) is 1.78. The van der Waals surface area contributed by atoms with Gasteiger partial charge in [-0.2, -0.15) is 5.10 Å². The molecule has 134 valence electrons. The lowest BCUT2D eigenvalue weighted by molar-refractivity contribution is -0.117. The van der Waals surface area contributed by atoms with Crippen molar-refractivity contribution in [1.82, 2.24) is 20.1 Å². The molecule has 26 heavy (non-hydrogen) atoms. The second-order valence-electron chi connectivity index (χ2n) is 6.54. The minimum Gasteiger partial charge on any atom is -0.348 e. The highest BCUT2D eigenvalue weighted by molar-refractivity contribution is 7.22. The predicted octanol–water partition coefficient (Wildman–Crippen LogP) is 2.83. The minimum absolute atomic E-state index is 0.0648. The van der Waals surface area contributed by atoms with Crippen molar-refractivity contribution in [2.75, 3.05) is 18.0 Å². The van der Waals surface area contributed by atoms with Crippen LogP contribution in [0.4, 0.5) is 5.13 Å². The van der Waals surface area contributed by atoms with Crippen molar-refractivity contribution in [2.45, 2.75) is 18.9 Å². The van der Waals surface area contributed by atoms with Crippen LogP contribution in [0.25, 0.3) is 16.3 Å². The maximum Gasteiger partial charge on any atom is 0.244 e. The fraction of sp³-hybridized carbons (Fsp3) is 0.316. The molecular formula is C19H21N5OS. The van der Waals surface area contributed by atoms with Crippen molar-refractivity contribution >= 4 is 38.7 Å². The van der Waals surface area contributed by atoms with Gasteiger partial charge in [-0.3, -0.25) is 9.48 Å². The number of nitrogens with one attached hydrogen (secondary N) is 1. The molecular weight excluding hydrogens is 346 g/mol. The van der Waals surface area contributed by atoms with Crippen LogP contribution in [0, 0.1) is 0 Å². The molecule has 1 fully saturated rings. The molecule has 1 aliphatic rings. The van der Waals surface area contributed by atoms with E-state index in [4.69, 9.17) is 4.98 Å². The van der Waals surface area contributed by atoms with Crippen LogP contribution in [-0.2, 0) is 11.8 Å². The van der Waals surface area contributed by atoms with Gasteiger partial charge in [-0.25, -0.2) is 4.98 Å². The van der Waals surface area contributed by atoms with Crippen molar-refractivity contribution in [2.24, 2.45) is 7.05 Å². The van der Waals surface area contributed by atoms with Gasteiger partial charge in [-0.05, 0) is 31.1 Å². The van der Waals surface area contributed by atoms with Gasteiger partial charge in [0.1, 0.15) is 0 Å². The van der Waals surface area contributed by atoms with E-state index in [9.17, 15) is 4.79 Å². The number of hydrogen-bond donors (Lipinski definition) is 1. The summed E-state index contributed by atoms with van der Waals surface area (Å²) >= 11 is 1.71. The number of benzene rings is 1. The first-order valence-electron chi connectivity index (χ1n) is 8.75. The summed E-state index contributed by atoms with van der Waals surface area (Å²) in [5.74, 6) is -0.0648. The number of amides is 1. The van der Waals surface area contributed by atoms with Crippen LogP contribution in [0.2, 0.25) is 0 Å². The minimum atomic E-state index is -0.0648. The van der Waals surface area contributed by atoms with Crippen molar-refractivity contribution in [3.8, 4) is 0 Å². The Bertz CT molecular complexity index is 911. The summed E-state index contributed by atoms with van der Waals surface area (Å²) in [6, 6.07) is 8.34. The molecule has 3 aromatic rings. The van der Waals surface area contributed by atoms with E-state index in [-0.39, 0.29) is 11.9 Å². The highest BCUT2D eigenvalue weighted by Gasteiger charge is 2.23. The smallest absolute Gasteiger partial charge is 0.244 e.